The molecule has 1 aliphatic heterocycles. The Labute approximate surface area is 221 Å². The smallest absolute Gasteiger partial charge is 0.335 e. The molecule has 3 N–H and O–H groups in total. The molecule has 0 bridgehead atoms. The van der Waals surface area contributed by atoms with Gasteiger partial charge in [-0.1, -0.05) is 30.2 Å². The summed E-state index contributed by atoms with van der Waals surface area (Å²) < 4.78 is 177. The highest BCUT2D eigenvalue weighted by Crippen LogP contribution is 2.36. The van der Waals surface area contributed by atoms with Crippen molar-refractivity contribution in [3.05, 3.63) is 77.1 Å². The number of para-hydroxylation sites is 1. The number of hydrogen-bond acceptors (Lipinski definition) is 7. The predicted molar refractivity (Wildman–Crippen MR) is 128 cm³/mol. The van der Waals surface area contributed by atoms with E-state index in [1.807, 2.05) is 0 Å². The van der Waals surface area contributed by atoms with E-state index in [9.17, 15) is 9.59 Å². The second-order valence-corrected chi connectivity index (χ2v) is 6.05. The minimum atomic E-state index is -3.45. The first-order valence-electron chi connectivity index (χ1n) is 19.3. The number of carboxylic acid groups (broad SMARTS) is 1. The Morgan fingerprint density at radius 3 is 2.82 bits per heavy atom. The molecule has 1 amide bonds. The van der Waals surface area contributed by atoms with E-state index in [-0.39, 0.29) is 10.4 Å². The molecule has 0 atom stereocenters. The van der Waals surface area contributed by atoms with Crippen LogP contribution in [0.3, 0.4) is 0 Å². The van der Waals surface area contributed by atoms with Crippen LogP contribution in [0.25, 0.3) is 12.6 Å². The Morgan fingerprint density at radius 1 is 1.15 bits per heavy atom. The lowest BCUT2D eigenvalue weighted by atomic mass is 10.0. The van der Waals surface area contributed by atoms with Crippen molar-refractivity contribution in [1.82, 2.24) is 0 Å². The van der Waals surface area contributed by atoms with Crippen LogP contribution in [0.1, 0.15) is 54.4 Å². The summed E-state index contributed by atoms with van der Waals surface area (Å²) in [6.07, 6.45) is 0. The Hall–Kier alpha value is -4.46. The third kappa shape index (κ3) is 4.18. The van der Waals surface area contributed by atoms with E-state index < -0.39 is 149 Å². The van der Waals surface area contributed by atoms with Crippen LogP contribution in [0.2, 0.25) is 1.41 Å². The van der Waals surface area contributed by atoms with E-state index in [1.54, 1.807) is 0 Å². The van der Waals surface area contributed by atoms with Gasteiger partial charge >= 0.3 is 11.9 Å². The number of carboxylic acids is 1. The van der Waals surface area contributed by atoms with Crippen molar-refractivity contribution in [2.24, 2.45) is 10.2 Å². The van der Waals surface area contributed by atoms with E-state index in [4.69, 9.17) is 30.3 Å². The standard InChI is InChI=1S/C25H22N4O4/c1-14-10-11-19(12-15(14)2)29-24(31)22(16(3)28-29)27-26-21-9-5-8-20(23(21)30)17-6-4-7-18(13-17)25(32)33/h4-13,26,30H,1-3H3,(H,32,33)/b27-22-/i1D3,2D3,3D3,4D,5D,6D,7D,8D,9D,10D,11D,12D,13D/hD3. The zero-order valence-electron chi connectivity index (χ0n) is 37.9. The highest BCUT2D eigenvalue weighted by molar-refractivity contribution is 6.71. The van der Waals surface area contributed by atoms with Crippen molar-refractivity contribution in [1.29, 1.82) is 2.86 Å². The average Bonchev–Trinajstić information content (AvgIpc) is 3.39. The molecule has 1 heterocycles. The zero-order chi connectivity index (χ0) is 42.2. The van der Waals surface area contributed by atoms with Gasteiger partial charge in [0.25, 0.3) is 2.86 Å². The van der Waals surface area contributed by atoms with Crippen LogP contribution in [0, 0.1) is 13.7 Å². The number of nitrogens with zero attached hydrogens (tertiary/aromatic N) is 3. The van der Waals surface area contributed by atoms with Gasteiger partial charge in [-0.05, 0) is 67.5 Å². The van der Waals surface area contributed by atoms with Crippen molar-refractivity contribution in [3.8, 4) is 16.9 Å². The van der Waals surface area contributed by atoms with Crippen LogP contribution < -0.4 is 10.4 Å². The normalized spacial score (nSPS) is 25.0. The molecule has 4 rings (SSSR count). The van der Waals surface area contributed by atoms with Gasteiger partial charge in [-0.15, -0.1) is 0 Å². The zero-order valence-corrected chi connectivity index (χ0v) is 15.9. The number of amides is 1. The first-order valence-corrected chi connectivity index (χ1v) is 8.58. The van der Waals surface area contributed by atoms with Crippen LogP contribution in [0.5, 0.6) is 5.75 Å². The summed E-state index contributed by atoms with van der Waals surface area (Å²) in [4.78, 5) is 26.1. The molecule has 3 aromatic rings. The molecule has 0 fully saturated rings. The van der Waals surface area contributed by atoms with Gasteiger partial charge in [0.15, 0.2) is 7.12 Å². The number of phenols is 1. The molecule has 0 saturated carbocycles. The lowest BCUT2D eigenvalue weighted by molar-refractivity contribution is -0.112. The molecule has 0 radical (unpaired) electrons. The van der Waals surface area contributed by atoms with Crippen LogP contribution in [-0.4, -0.2) is 34.9 Å². The fraction of sp³-hybridized carbons (Fsp3) is 0.120. The van der Waals surface area contributed by atoms with Gasteiger partial charge in [-0.2, -0.15) is 15.2 Å². The van der Waals surface area contributed by atoms with Gasteiger partial charge in [-0.25, -0.2) is 4.79 Å². The lowest BCUT2D eigenvalue weighted by Gasteiger charge is -2.13. The van der Waals surface area contributed by atoms with Crippen LogP contribution in [0.4, 0.5) is 11.4 Å². The molecule has 8 heteroatoms. The van der Waals surface area contributed by atoms with Crippen molar-refractivity contribution in [3.63, 3.8) is 0 Å². The summed E-state index contributed by atoms with van der Waals surface area (Å²) in [6, 6.07) is -11.6. The minimum absolute atomic E-state index is 0.0305. The SMILES string of the molecule is [2H]OC(=O)c1c([2H])c([2H])c([2H])c(-c2c([2H])c([2H])c([2H])c(N([2H])/N=C3\C(=O)N(c4c([2H])c([2H])c(C([2H])([2H])[2H])c(C([2H])([2H])[2H])c4[2H])N=C3C([2H])([2H])[2H])c2O[2H])c1[2H]. The van der Waals surface area contributed by atoms with Gasteiger partial charge in [0.2, 0.25) is 0 Å². The molecule has 8 nitrogen and oxygen atoms in total. The summed E-state index contributed by atoms with van der Waals surface area (Å²) in [7, 11) is 0. The lowest BCUT2D eigenvalue weighted by Crippen LogP contribution is -2.28. The predicted octanol–water partition coefficient (Wildman–Crippen LogP) is 4.56. The number of nitrogens with one attached hydrogen (secondary N) is 1. The van der Waals surface area contributed by atoms with Crippen LogP contribution in [-0.2, 0) is 4.79 Å². The quantitative estimate of drug-likeness (QED) is 0.365. The monoisotopic (exact) mass is 464 g/mol. The van der Waals surface area contributed by atoms with E-state index in [1.165, 1.54) is 0 Å². The molecule has 0 saturated heterocycles. The molecule has 0 aromatic heterocycles. The molecule has 0 spiro atoms. The average molecular weight is 465 g/mol. The molecule has 166 valence electrons. The summed E-state index contributed by atoms with van der Waals surface area (Å²) in [6.45, 7) is -10.3. The van der Waals surface area contributed by atoms with E-state index in [0.29, 0.717) is 0 Å². The minimum Gasteiger partial charge on any atom is -0.505 e. The van der Waals surface area contributed by atoms with Gasteiger partial charge in [0.05, 0.1) is 36.4 Å². The maximum absolute atomic E-state index is 13.8. The number of carbonyl (C=O) groups excluding carboxylic acids is 1. The highest BCUT2D eigenvalue weighted by atomic mass is 16.4. The molecule has 1 aliphatic rings. The number of phenolic OH excluding ortho intramolecular Hbond substituents is 1. The number of rotatable bonds is 6. The Kier molecular flexibility index (Phi) is 1.96. The summed E-state index contributed by atoms with van der Waals surface area (Å²) in [5.41, 5.74) is -10.8. The molecular formula is C25H22N4O4. The highest BCUT2D eigenvalue weighted by Gasteiger charge is 2.31. The summed E-state index contributed by atoms with van der Waals surface area (Å²) >= 11 is 0. The van der Waals surface area contributed by atoms with Gasteiger partial charge < -0.3 is 10.2 Å². The van der Waals surface area contributed by atoms with E-state index in [0.717, 1.165) is 0 Å². The molecule has 0 aliphatic carbocycles. The van der Waals surface area contributed by atoms with Gasteiger partial charge in [0, 0.05) is 17.9 Å². The Morgan fingerprint density at radius 2 is 2.03 bits per heavy atom. The van der Waals surface area contributed by atoms with Crippen molar-refractivity contribution in [2.45, 2.75) is 20.6 Å². The Bertz CT molecular complexity index is 2230. The fourth-order valence-electron chi connectivity index (χ4n) is 2.44. The first-order chi connectivity index (χ1) is 25.1. The van der Waals surface area contributed by atoms with E-state index in [2.05, 4.69) is 20.4 Å². The number of aromatic carboxylic acids is 1. The molecule has 3 aromatic carbocycles. The topological polar surface area (TPSA) is 115 Å². The number of aromatic hydroxyl groups is 1. The summed E-state index contributed by atoms with van der Waals surface area (Å²) in [5, 5.41) is 15.4. The molecule has 33 heavy (non-hydrogen) atoms. The number of anilines is 2. The van der Waals surface area contributed by atoms with Crippen molar-refractivity contribution < 1.29 is 47.3 Å². The number of benzene rings is 3. The maximum atomic E-state index is 13.8. The Balaban J connectivity index is 2.06. The van der Waals surface area contributed by atoms with Crippen molar-refractivity contribution >= 4 is 34.7 Å². The van der Waals surface area contributed by atoms with Crippen molar-refractivity contribution in [2.75, 3.05) is 10.4 Å². The second kappa shape index (κ2) is 8.58. The first kappa shape index (κ1) is 7.55. The van der Waals surface area contributed by atoms with Gasteiger partial charge in [0.1, 0.15) is 5.75 Å². The fourth-order valence-corrected chi connectivity index (χ4v) is 2.44. The molecule has 0 unspecified atom stereocenters. The summed E-state index contributed by atoms with van der Waals surface area (Å²) in [5.74, 6) is -4.55. The third-order valence-corrected chi connectivity index (χ3v) is 3.97. The second-order valence-electron chi connectivity index (χ2n) is 6.05. The van der Waals surface area contributed by atoms with Gasteiger partial charge in [-0.3, -0.25) is 10.2 Å². The molecular weight excluding hydrogens is 420 g/mol. The van der Waals surface area contributed by atoms with E-state index >= 15 is 0 Å². The van der Waals surface area contributed by atoms with Crippen LogP contribution in [0.15, 0.2) is 70.6 Å². The van der Waals surface area contributed by atoms with Crippen LogP contribution >= 0.6 is 0 Å². The largest absolute Gasteiger partial charge is 0.505 e. The number of hydrazone groups is 2. The third-order valence-electron chi connectivity index (χ3n) is 3.97. The number of hydrogen-bond donors (Lipinski definition) is 3. The maximum Gasteiger partial charge on any atom is 0.335 e. The number of carbonyl (C=O) groups is 2.